The van der Waals surface area contributed by atoms with Crippen LogP contribution in [0.3, 0.4) is 0 Å². The van der Waals surface area contributed by atoms with Gasteiger partial charge in [-0.15, -0.1) is 0 Å². The zero-order chi connectivity index (χ0) is 5.86. The molecule has 0 amide bonds. The minimum absolute atomic E-state index is 0. The Morgan fingerprint density at radius 1 is 1.12 bits per heavy atom. The Kier molecular flexibility index (Phi) is 8.21. The van der Waals surface area contributed by atoms with Crippen LogP contribution in [0.25, 0.3) is 0 Å². The summed E-state index contributed by atoms with van der Waals surface area (Å²) in [5.41, 5.74) is 0. The van der Waals surface area contributed by atoms with Crippen molar-refractivity contribution in [3.05, 3.63) is 0 Å². The van der Waals surface area contributed by atoms with E-state index in [0.717, 1.165) is 0 Å². The van der Waals surface area contributed by atoms with E-state index in [-0.39, 0.29) is 45.5 Å². The molecule has 0 spiro atoms. The Balaban J connectivity index is 0. The second kappa shape index (κ2) is 5.75. The van der Waals surface area contributed by atoms with Gasteiger partial charge in [0.25, 0.3) is 0 Å². The van der Waals surface area contributed by atoms with Crippen LogP contribution in [0.1, 0.15) is 13.8 Å². The molecule has 44 valence electrons. The van der Waals surface area contributed by atoms with Crippen LogP contribution in [-0.4, -0.2) is 57.4 Å². The fraction of sp³-hybridized carbons (Fsp3) is 0.500. The molecule has 0 aromatic carbocycles. The quantitative estimate of drug-likeness (QED) is 0.286. The molecule has 0 aromatic rings. The van der Waals surface area contributed by atoms with E-state index in [1.54, 1.807) is 0 Å². The molecule has 0 aliphatic carbocycles. The van der Waals surface area contributed by atoms with Crippen LogP contribution in [0.4, 0.5) is 0 Å². The van der Waals surface area contributed by atoms with E-state index in [1.165, 1.54) is 13.8 Å². The van der Waals surface area contributed by atoms with Gasteiger partial charge in [-0.25, -0.2) is 0 Å². The average molecular weight is 192 g/mol. The van der Waals surface area contributed by atoms with Crippen molar-refractivity contribution in [2.45, 2.75) is 13.8 Å². The van der Waals surface area contributed by atoms with E-state index >= 15 is 0 Å². The van der Waals surface area contributed by atoms with Crippen molar-refractivity contribution in [1.82, 2.24) is 0 Å². The van der Waals surface area contributed by atoms with Crippen molar-refractivity contribution < 1.29 is 14.3 Å². The predicted octanol–water partition coefficient (Wildman–Crippen LogP) is -0.820. The second-order valence-electron chi connectivity index (χ2n) is 1.09. The molecule has 0 saturated carbocycles. The van der Waals surface area contributed by atoms with Gasteiger partial charge in [0.05, 0.1) is 0 Å². The number of ether oxygens (including phenoxy) is 1. The molecule has 0 rings (SSSR count). The molecule has 0 unspecified atom stereocenters. The fourth-order valence-electron chi connectivity index (χ4n) is 0.202. The zero-order valence-electron chi connectivity index (χ0n) is 4.22. The van der Waals surface area contributed by atoms with Crippen LogP contribution in [0.15, 0.2) is 0 Å². The van der Waals surface area contributed by atoms with Gasteiger partial charge in [-0.05, 0) is 0 Å². The summed E-state index contributed by atoms with van der Waals surface area (Å²) in [4.78, 5) is 19.6. The van der Waals surface area contributed by atoms with Gasteiger partial charge in [0.2, 0.25) is 0 Å². The van der Waals surface area contributed by atoms with Crippen molar-refractivity contribution in [2.75, 3.05) is 0 Å². The summed E-state index contributed by atoms with van der Waals surface area (Å²) >= 11 is 0. The summed E-state index contributed by atoms with van der Waals surface area (Å²) in [5, 5.41) is 0. The van der Waals surface area contributed by atoms with E-state index in [0.29, 0.717) is 0 Å². The molecule has 8 heavy (non-hydrogen) atoms. The van der Waals surface area contributed by atoms with Gasteiger partial charge in [-0.2, -0.15) is 0 Å². The molecule has 0 aromatic heterocycles. The van der Waals surface area contributed by atoms with E-state index in [9.17, 15) is 9.59 Å². The number of esters is 2. The molecule has 0 bridgehead atoms. The Labute approximate surface area is 84.7 Å². The molecule has 0 saturated heterocycles. The molecule has 0 N–H and O–H groups in total. The summed E-state index contributed by atoms with van der Waals surface area (Å²) in [6.07, 6.45) is 0. The van der Waals surface area contributed by atoms with Gasteiger partial charge in [0.1, 0.15) is 0 Å². The molecule has 0 aliphatic heterocycles. The van der Waals surface area contributed by atoms with Crippen molar-refractivity contribution >= 4 is 57.4 Å². The SMILES string of the molecule is CC(=O)OC(C)=O.[SrH2]. The Bertz CT molecular complexity index is 87.5. The third-order valence-corrected chi connectivity index (χ3v) is 0.287. The molecule has 4 heteroatoms. The van der Waals surface area contributed by atoms with Gasteiger partial charge in [-0.1, -0.05) is 0 Å². The Morgan fingerprint density at radius 2 is 1.38 bits per heavy atom. The van der Waals surface area contributed by atoms with Crippen LogP contribution in [0.2, 0.25) is 0 Å². The average Bonchev–Trinajstić information content (AvgIpc) is 1.27. The molecule has 3 nitrogen and oxygen atoms in total. The molecular weight excluding hydrogens is 184 g/mol. The van der Waals surface area contributed by atoms with Crippen molar-refractivity contribution in [3.8, 4) is 0 Å². The summed E-state index contributed by atoms with van der Waals surface area (Å²) in [7, 11) is 0. The second-order valence-corrected chi connectivity index (χ2v) is 1.09. The normalized spacial score (nSPS) is 6.75. The molecular formula is C4H8O3Sr. The molecule has 0 heterocycles. The molecule has 0 radical (unpaired) electrons. The number of rotatable bonds is 0. The maximum absolute atomic E-state index is 9.81. The van der Waals surface area contributed by atoms with Gasteiger partial charge < -0.3 is 4.74 Å². The zero-order valence-corrected chi connectivity index (χ0v) is 4.22. The van der Waals surface area contributed by atoms with Crippen LogP contribution in [0, 0.1) is 0 Å². The predicted molar refractivity (Wildman–Crippen MR) is 31.0 cm³/mol. The number of hydrogen-bond donors (Lipinski definition) is 0. The van der Waals surface area contributed by atoms with Gasteiger partial charge >= 0.3 is 57.4 Å². The minimum atomic E-state index is -0.562. The third kappa shape index (κ3) is 9.80. The maximum atomic E-state index is 9.81. The summed E-state index contributed by atoms with van der Waals surface area (Å²) in [6.45, 7) is 2.36. The van der Waals surface area contributed by atoms with Crippen LogP contribution < -0.4 is 0 Å². The first-order valence-corrected chi connectivity index (χ1v) is 1.82. The molecule has 0 fully saturated rings. The standard InChI is InChI=1S/C4H6O3.Sr.2H/c1-3(5)7-4(2)6;;;/h1-2H3;;;. The van der Waals surface area contributed by atoms with E-state index in [2.05, 4.69) is 4.74 Å². The summed E-state index contributed by atoms with van der Waals surface area (Å²) in [5.74, 6) is -1.12. The van der Waals surface area contributed by atoms with Crippen molar-refractivity contribution in [1.29, 1.82) is 0 Å². The van der Waals surface area contributed by atoms with Crippen LogP contribution in [-0.2, 0) is 14.3 Å². The monoisotopic (exact) mass is 192 g/mol. The number of carbonyl (C=O) groups excluding carboxylic acids is 2. The Hall–Kier alpha value is 0.621. The summed E-state index contributed by atoms with van der Waals surface area (Å²) in [6, 6.07) is 0. The third-order valence-electron chi connectivity index (χ3n) is 0.287. The van der Waals surface area contributed by atoms with E-state index < -0.39 is 11.9 Å². The number of hydrogen-bond acceptors (Lipinski definition) is 3. The first-order chi connectivity index (χ1) is 3.13. The molecule has 0 aliphatic rings. The Morgan fingerprint density at radius 3 is 1.38 bits per heavy atom. The van der Waals surface area contributed by atoms with Gasteiger partial charge in [0.15, 0.2) is 0 Å². The topological polar surface area (TPSA) is 43.4 Å². The van der Waals surface area contributed by atoms with Crippen molar-refractivity contribution in [2.24, 2.45) is 0 Å². The van der Waals surface area contributed by atoms with Gasteiger partial charge in [0, 0.05) is 13.8 Å². The van der Waals surface area contributed by atoms with Crippen LogP contribution >= 0.6 is 0 Å². The fourth-order valence-corrected chi connectivity index (χ4v) is 0.202. The van der Waals surface area contributed by atoms with E-state index in [1.807, 2.05) is 0 Å². The first-order valence-electron chi connectivity index (χ1n) is 1.82. The van der Waals surface area contributed by atoms with Gasteiger partial charge in [-0.3, -0.25) is 9.59 Å². The first kappa shape index (κ1) is 11.4. The summed E-state index contributed by atoms with van der Waals surface area (Å²) < 4.78 is 3.97. The molecule has 0 atom stereocenters. The number of carbonyl (C=O) groups is 2. The van der Waals surface area contributed by atoms with Crippen molar-refractivity contribution in [3.63, 3.8) is 0 Å². The van der Waals surface area contributed by atoms with E-state index in [4.69, 9.17) is 0 Å². The van der Waals surface area contributed by atoms with Crippen LogP contribution in [0.5, 0.6) is 0 Å².